The van der Waals surface area contributed by atoms with Crippen molar-refractivity contribution >= 4 is 11.8 Å². The van der Waals surface area contributed by atoms with Crippen LogP contribution in [-0.4, -0.2) is 16.9 Å². The van der Waals surface area contributed by atoms with E-state index in [0.717, 1.165) is 47.1 Å². The summed E-state index contributed by atoms with van der Waals surface area (Å²) in [6.45, 7) is 0. The van der Waals surface area contributed by atoms with Crippen LogP contribution in [0.3, 0.4) is 0 Å². The van der Waals surface area contributed by atoms with Gasteiger partial charge in [0.2, 0.25) is 0 Å². The van der Waals surface area contributed by atoms with Gasteiger partial charge < -0.3 is 5.11 Å². The first-order chi connectivity index (χ1) is 17.6. The Balaban J connectivity index is 1.56. The van der Waals surface area contributed by atoms with Crippen molar-refractivity contribution in [1.29, 1.82) is 0 Å². The zero-order valence-corrected chi connectivity index (χ0v) is 20.1. The number of carbonyl (C=O) groups is 2. The maximum absolute atomic E-state index is 12.6. The van der Waals surface area contributed by atoms with Crippen molar-refractivity contribution in [2.45, 2.75) is 32.1 Å². The molecule has 0 spiro atoms. The average Bonchev–Trinajstić information content (AvgIpc) is 2.92. The summed E-state index contributed by atoms with van der Waals surface area (Å²) in [6.07, 6.45) is 2.57. The van der Waals surface area contributed by atoms with Crippen LogP contribution in [-0.2, 0) is 17.6 Å². The van der Waals surface area contributed by atoms with E-state index in [9.17, 15) is 9.59 Å². The minimum Gasteiger partial charge on any atom is -0.481 e. The number of aryl methyl sites for hydroxylation is 2. The number of hydrogen-bond acceptors (Lipinski definition) is 2. The van der Waals surface area contributed by atoms with Gasteiger partial charge in [-0.25, -0.2) is 0 Å². The Morgan fingerprint density at radius 3 is 1.97 bits per heavy atom. The lowest BCUT2D eigenvalue weighted by Crippen LogP contribution is -2.05. The van der Waals surface area contributed by atoms with Crippen LogP contribution in [0.1, 0.15) is 51.9 Å². The Hall–Kier alpha value is -4.42. The number of hydrogen-bond donors (Lipinski definition) is 1. The lowest BCUT2D eigenvalue weighted by molar-refractivity contribution is -0.136. The third-order valence-corrected chi connectivity index (χ3v) is 6.07. The highest BCUT2D eigenvalue weighted by atomic mass is 16.4. The molecule has 178 valence electrons. The second-order valence-electron chi connectivity index (χ2n) is 8.72. The molecule has 0 aliphatic heterocycles. The first kappa shape index (κ1) is 24.7. The van der Waals surface area contributed by atoms with Gasteiger partial charge in [-0.3, -0.25) is 9.59 Å². The number of carboxylic acid groups (broad SMARTS) is 1. The van der Waals surface area contributed by atoms with E-state index in [1.807, 2.05) is 78.9 Å². The van der Waals surface area contributed by atoms with Crippen molar-refractivity contribution in [3.8, 4) is 23.0 Å². The van der Waals surface area contributed by atoms with E-state index in [4.69, 9.17) is 5.11 Å². The summed E-state index contributed by atoms with van der Waals surface area (Å²) >= 11 is 0. The van der Waals surface area contributed by atoms with Gasteiger partial charge in [0.1, 0.15) is 0 Å². The van der Waals surface area contributed by atoms with Gasteiger partial charge in [0.15, 0.2) is 5.78 Å². The molecule has 0 unspecified atom stereocenters. The maximum atomic E-state index is 12.6. The summed E-state index contributed by atoms with van der Waals surface area (Å²) < 4.78 is 0. The van der Waals surface area contributed by atoms with E-state index in [2.05, 4.69) is 36.1 Å². The SMILES string of the molecule is O=C(O)CCC(=O)c1ccc(-c2ccc(C#Cc3ccccc3)cc2)c(CCCc2ccccc2)c1. The molecule has 36 heavy (non-hydrogen) atoms. The first-order valence-electron chi connectivity index (χ1n) is 12.2. The molecule has 1 N–H and O–H groups in total. The number of Topliss-reactive ketones (excluding diaryl/α,β-unsaturated/α-hetero) is 1. The van der Waals surface area contributed by atoms with Gasteiger partial charge in [-0.15, -0.1) is 0 Å². The maximum Gasteiger partial charge on any atom is 0.303 e. The molecule has 3 nitrogen and oxygen atoms in total. The van der Waals surface area contributed by atoms with E-state index in [0.29, 0.717) is 5.56 Å². The number of benzene rings is 4. The highest BCUT2D eigenvalue weighted by Gasteiger charge is 2.13. The molecule has 0 fully saturated rings. The fourth-order valence-electron chi connectivity index (χ4n) is 4.15. The van der Waals surface area contributed by atoms with Crippen LogP contribution < -0.4 is 0 Å². The van der Waals surface area contributed by atoms with E-state index < -0.39 is 5.97 Å². The Bertz CT molecular complexity index is 1380. The fraction of sp³-hybridized carbons (Fsp3) is 0.152. The minimum absolute atomic E-state index is 0.00686. The number of carboxylic acids is 1. The normalized spacial score (nSPS) is 10.3. The molecule has 0 aliphatic rings. The number of aliphatic carboxylic acids is 1. The summed E-state index contributed by atoms with van der Waals surface area (Å²) in [5, 5.41) is 8.94. The number of carbonyl (C=O) groups excluding carboxylic acids is 1. The molecular formula is C33H28O3. The van der Waals surface area contributed by atoms with Crippen LogP contribution in [0.25, 0.3) is 11.1 Å². The molecule has 0 bridgehead atoms. The molecule has 0 amide bonds. The van der Waals surface area contributed by atoms with Crippen molar-refractivity contribution in [2.75, 3.05) is 0 Å². The van der Waals surface area contributed by atoms with Crippen LogP contribution in [0.2, 0.25) is 0 Å². The van der Waals surface area contributed by atoms with Crippen molar-refractivity contribution in [2.24, 2.45) is 0 Å². The summed E-state index contributed by atoms with van der Waals surface area (Å²) in [5.41, 5.74) is 7.02. The predicted octanol–water partition coefficient (Wildman–Crippen LogP) is 6.98. The predicted molar refractivity (Wildman–Crippen MR) is 144 cm³/mol. The van der Waals surface area contributed by atoms with Gasteiger partial charge in [-0.2, -0.15) is 0 Å². The smallest absolute Gasteiger partial charge is 0.303 e. The molecule has 4 rings (SSSR count). The fourth-order valence-corrected chi connectivity index (χ4v) is 4.15. The number of ketones is 1. The van der Waals surface area contributed by atoms with Crippen molar-refractivity contribution < 1.29 is 14.7 Å². The summed E-state index contributed by atoms with van der Waals surface area (Å²) in [6, 6.07) is 34.2. The molecule has 0 atom stereocenters. The monoisotopic (exact) mass is 472 g/mol. The van der Waals surface area contributed by atoms with Crippen LogP contribution in [0.5, 0.6) is 0 Å². The van der Waals surface area contributed by atoms with E-state index in [1.165, 1.54) is 5.56 Å². The van der Waals surface area contributed by atoms with Gasteiger partial charge >= 0.3 is 5.97 Å². The highest BCUT2D eigenvalue weighted by molar-refractivity contribution is 5.98. The largest absolute Gasteiger partial charge is 0.481 e. The van der Waals surface area contributed by atoms with E-state index in [1.54, 1.807) is 0 Å². The van der Waals surface area contributed by atoms with Crippen LogP contribution >= 0.6 is 0 Å². The molecule has 0 saturated carbocycles. The highest BCUT2D eigenvalue weighted by Crippen LogP contribution is 2.27. The summed E-state index contributed by atoms with van der Waals surface area (Å²) in [4.78, 5) is 23.5. The Morgan fingerprint density at radius 1 is 0.667 bits per heavy atom. The Morgan fingerprint density at radius 2 is 1.31 bits per heavy atom. The van der Waals surface area contributed by atoms with Crippen LogP contribution in [0.4, 0.5) is 0 Å². The molecule has 4 aromatic rings. The van der Waals surface area contributed by atoms with E-state index >= 15 is 0 Å². The molecule has 4 aromatic carbocycles. The summed E-state index contributed by atoms with van der Waals surface area (Å²) in [7, 11) is 0. The van der Waals surface area contributed by atoms with Crippen LogP contribution in [0, 0.1) is 11.8 Å². The summed E-state index contributed by atoms with van der Waals surface area (Å²) in [5.74, 6) is 5.30. The molecule has 0 radical (unpaired) electrons. The van der Waals surface area contributed by atoms with Crippen molar-refractivity contribution in [3.05, 3.63) is 131 Å². The van der Waals surface area contributed by atoms with Gasteiger partial charge in [-0.1, -0.05) is 84.6 Å². The third kappa shape index (κ3) is 7.04. The van der Waals surface area contributed by atoms with Crippen molar-refractivity contribution in [3.63, 3.8) is 0 Å². The number of rotatable bonds is 9. The van der Waals surface area contributed by atoms with Crippen molar-refractivity contribution in [1.82, 2.24) is 0 Å². The second-order valence-corrected chi connectivity index (χ2v) is 8.72. The molecule has 0 aromatic heterocycles. The quantitative estimate of drug-likeness (QED) is 0.211. The molecule has 0 aliphatic carbocycles. The zero-order chi connectivity index (χ0) is 25.2. The second kappa shape index (κ2) is 12.3. The van der Waals surface area contributed by atoms with Crippen LogP contribution in [0.15, 0.2) is 103 Å². The topological polar surface area (TPSA) is 54.4 Å². The van der Waals surface area contributed by atoms with Gasteiger partial charge in [0.05, 0.1) is 6.42 Å². The van der Waals surface area contributed by atoms with Gasteiger partial charge in [0.25, 0.3) is 0 Å². The molecule has 0 heterocycles. The minimum atomic E-state index is -0.960. The third-order valence-electron chi connectivity index (χ3n) is 6.07. The lowest BCUT2D eigenvalue weighted by Gasteiger charge is -2.13. The van der Waals surface area contributed by atoms with Gasteiger partial charge in [0, 0.05) is 23.1 Å². The zero-order valence-electron chi connectivity index (χ0n) is 20.1. The molecule has 3 heteroatoms. The average molecular weight is 473 g/mol. The van der Waals surface area contributed by atoms with Gasteiger partial charge in [-0.05, 0) is 71.8 Å². The van der Waals surface area contributed by atoms with E-state index in [-0.39, 0.29) is 18.6 Å². The molecule has 0 saturated heterocycles. The Kier molecular flexibility index (Phi) is 8.46. The lowest BCUT2D eigenvalue weighted by atomic mass is 9.91. The molecular weight excluding hydrogens is 444 g/mol. The standard InChI is InChI=1S/C33H28O3/c34-32(22-23-33(35)36)30-20-21-31(29(24-30)13-7-12-25-8-3-1-4-9-25)28-18-16-27(17-19-28)15-14-26-10-5-2-6-11-26/h1-6,8-11,16-21,24H,7,12-13,22-23H2,(H,35,36). The Labute approximate surface area is 212 Å². The first-order valence-corrected chi connectivity index (χ1v) is 12.2.